The fraction of sp³-hybridized carbons (Fsp3) is 0.600. The highest BCUT2D eigenvalue weighted by molar-refractivity contribution is 9.10. The Morgan fingerprint density at radius 1 is 1.37 bits per heavy atom. The predicted octanol–water partition coefficient (Wildman–Crippen LogP) is 5.12. The topological polar surface area (TPSA) is 12.0 Å². The Morgan fingerprint density at radius 2 is 2.05 bits per heavy atom. The average molecular weight is 349 g/mol. The van der Waals surface area contributed by atoms with Gasteiger partial charge in [0.25, 0.3) is 0 Å². The number of nitrogens with one attached hydrogen (secondary N) is 1. The second kappa shape index (κ2) is 5.71. The summed E-state index contributed by atoms with van der Waals surface area (Å²) >= 11 is 9.22. The Balaban J connectivity index is 2.09. The molecule has 1 N–H and O–H groups in total. The molecule has 1 saturated carbocycles. The first-order chi connectivity index (χ1) is 8.79. The molecule has 1 aliphatic rings. The van der Waals surface area contributed by atoms with Gasteiger partial charge in [-0.25, -0.2) is 4.39 Å². The Bertz CT molecular complexity index is 470. The largest absolute Gasteiger partial charge is 0.312 e. The van der Waals surface area contributed by atoms with Gasteiger partial charge in [-0.2, -0.15) is 0 Å². The van der Waals surface area contributed by atoms with Crippen molar-refractivity contribution in [2.24, 2.45) is 5.92 Å². The molecule has 0 heterocycles. The maximum atomic E-state index is 14.2. The van der Waals surface area contributed by atoms with E-state index in [0.29, 0.717) is 16.3 Å². The summed E-state index contributed by atoms with van der Waals surface area (Å²) in [7, 11) is 0. The first kappa shape index (κ1) is 15.3. The van der Waals surface area contributed by atoms with Crippen molar-refractivity contribution in [2.75, 3.05) is 6.54 Å². The lowest BCUT2D eigenvalue weighted by Crippen LogP contribution is -2.43. The molecule has 0 bridgehead atoms. The third-order valence-corrected chi connectivity index (χ3v) is 5.04. The lowest BCUT2D eigenvalue weighted by atomic mass is 9.69. The summed E-state index contributed by atoms with van der Waals surface area (Å²) in [6, 6.07) is 3.70. The average Bonchev–Trinajstić information content (AvgIpc) is 2.27. The van der Waals surface area contributed by atoms with Gasteiger partial charge in [0.2, 0.25) is 0 Å². The molecule has 4 heteroatoms. The van der Waals surface area contributed by atoms with Crippen molar-refractivity contribution < 1.29 is 4.39 Å². The van der Waals surface area contributed by atoms with E-state index in [1.165, 1.54) is 0 Å². The van der Waals surface area contributed by atoms with Gasteiger partial charge in [-0.15, -0.1) is 0 Å². The molecule has 0 radical (unpaired) electrons. The van der Waals surface area contributed by atoms with Gasteiger partial charge >= 0.3 is 0 Å². The molecule has 0 aliphatic heterocycles. The number of halogens is 3. The molecule has 0 saturated heterocycles. The molecular weight excluding hydrogens is 329 g/mol. The highest BCUT2D eigenvalue weighted by Gasteiger charge is 2.34. The molecule has 1 aromatic rings. The van der Waals surface area contributed by atoms with E-state index in [9.17, 15) is 4.39 Å². The lowest BCUT2D eigenvalue weighted by Gasteiger charge is -2.39. The van der Waals surface area contributed by atoms with Crippen LogP contribution in [-0.2, 0) is 0 Å². The molecule has 1 aliphatic carbocycles. The zero-order chi connectivity index (χ0) is 14.2. The second-order valence-electron chi connectivity index (χ2n) is 6.34. The van der Waals surface area contributed by atoms with Crippen molar-refractivity contribution in [3.05, 3.63) is 33.0 Å². The van der Waals surface area contributed by atoms with E-state index >= 15 is 0 Å². The van der Waals surface area contributed by atoms with Gasteiger partial charge in [0.1, 0.15) is 5.82 Å². The highest BCUT2D eigenvalue weighted by Crippen LogP contribution is 2.45. The van der Waals surface area contributed by atoms with Crippen LogP contribution in [0.4, 0.5) is 4.39 Å². The first-order valence-corrected chi connectivity index (χ1v) is 7.85. The van der Waals surface area contributed by atoms with E-state index in [4.69, 9.17) is 11.6 Å². The standard InChI is InChI=1S/C15H20BrClFN/c1-15(2,3)19-8-9-4-5-10(9)11-6-7-12(16)13(17)14(11)18/h6-7,9-10,19H,4-5,8H2,1-3H3. The second-order valence-corrected chi connectivity index (χ2v) is 7.57. The molecule has 1 fully saturated rings. The van der Waals surface area contributed by atoms with Crippen molar-refractivity contribution in [1.29, 1.82) is 0 Å². The van der Waals surface area contributed by atoms with Gasteiger partial charge in [0.15, 0.2) is 0 Å². The Labute approximate surface area is 128 Å². The van der Waals surface area contributed by atoms with Crippen LogP contribution in [0, 0.1) is 11.7 Å². The Morgan fingerprint density at radius 3 is 2.58 bits per heavy atom. The fourth-order valence-electron chi connectivity index (χ4n) is 2.49. The van der Waals surface area contributed by atoms with Gasteiger partial charge in [-0.3, -0.25) is 0 Å². The normalized spacial score (nSPS) is 23.3. The quantitative estimate of drug-likeness (QED) is 0.747. The summed E-state index contributed by atoms with van der Waals surface area (Å²) in [4.78, 5) is 0. The van der Waals surface area contributed by atoms with E-state index in [0.717, 1.165) is 24.9 Å². The third-order valence-electron chi connectivity index (χ3n) is 3.78. The van der Waals surface area contributed by atoms with Gasteiger partial charge in [-0.05, 0) is 79.6 Å². The molecule has 0 amide bonds. The minimum absolute atomic E-state index is 0.107. The van der Waals surface area contributed by atoms with Crippen LogP contribution < -0.4 is 5.32 Å². The summed E-state index contributed by atoms with van der Waals surface area (Å²) in [5, 5.41) is 3.71. The summed E-state index contributed by atoms with van der Waals surface area (Å²) < 4.78 is 14.8. The van der Waals surface area contributed by atoms with Crippen LogP contribution in [0.15, 0.2) is 16.6 Å². The zero-order valence-corrected chi connectivity index (χ0v) is 13.9. The maximum Gasteiger partial charge on any atom is 0.146 e. The van der Waals surface area contributed by atoms with Gasteiger partial charge in [-0.1, -0.05) is 17.7 Å². The summed E-state index contributed by atoms with van der Waals surface area (Å²) in [5.41, 5.74) is 0.871. The molecule has 2 rings (SSSR count). The number of hydrogen-bond acceptors (Lipinski definition) is 1. The molecule has 1 aromatic carbocycles. The van der Waals surface area contributed by atoms with Crippen molar-refractivity contribution in [3.8, 4) is 0 Å². The van der Waals surface area contributed by atoms with Crippen molar-refractivity contribution in [3.63, 3.8) is 0 Å². The lowest BCUT2D eigenvalue weighted by molar-refractivity contribution is 0.221. The SMILES string of the molecule is CC(C)(C)NCC1CCC1c1ccc(Br)c(Cl)c1F. The Hall–Kier alpha value is -0.120. The Kier molecular flexibility index (Phi) is 4.59. The number of benzene rings is 1. The molecule has 106 valence electrons. The van der Waals surface area contributed by atoms with Gasteiger partial charge in [0, 0.05) is 10.0 Å². The molecule has 0 spiro atoms. The van der Waals surface area contributed by atoms with E-state index in [1.807, 2.05) is 12.1 Å². The molecule has 19 heavy (non-hydrogen) atoms. The monoisotopic (exact) mass is 347 g/mol. The van der Waals surface area contributed by atoms with Crippen LogP contribution in [0.2, 0.25) is 5.02 Å². The molecule has 2 unspecified atom stereocenters. The molecule has 1 nitrogen and oxygen atoms in total. The summed E-state index contributed by atoms with van der Waals surface area (Å²) in [6.07, 6.45) is 2.20. The maximum absolute atomic E-state index is 14.2. The van der Waals surface area contributed by atoms with Crippen molar-refractivity contribution in [1.82, 2.24) is 5.32 Å². The fourth-order valence-corrected chi connectivity index (χ4v) is 2.97. The van der Waals surface area contributed by atoms with Crippen LogP contribution in [0.25, 0.3) is 0 Å². The van der Waals surface area contributed by atoms with E-state index in [-0.39, 0.29) is 16.4 Å². The molecule has 2 atom stereocenters. The van der Waals surface area contributed by atoms with Gasteiger partial charge in [0.05, 0.1) is 5.02 Å². The van der Waals surface area contributed by atoms with Crippen LogP contribution in [0.3, 0.4) is 0 Å². The number of hydrogen-bond donors (Lipinski definition) is 1. The first-order valence-electron chi connectivity index (χ1n) is 6.68. The smallest absolute Gasteiger partial charge is 0.146 e. The van der Waals surface area contributed by atoms with Crippen LogP contribution >= 0.6 is 27.5 Å². The summed E-state index contributed by atoms with van der Waals surface area (Å²) in [6.45, 7) is 7.38. The van der Waals surface area contributed by atoms with E-state index in [2.05, 4.69) is 42.0 Å². The van der Waals surface area contributed by atoms with Crippen molar-refractivity contribution >= 4 is 27.5 Å². The molecular formula is C15H20BrClFN. The summed E-state index contributed by atoms with van der Waals surface area (Å²) in [5.74, 6) is 0.535. The van der Waals surface area contributed by atoms with Crippen molar-refractivity contribution in [2.45, 2.75) is 45.1 Å². The van der Waals surface area contributed by atoms with E-state index < -0.39 is 0 Å². The van der Waals surface area contributed by atoms with E-state index in [1.54, 1.807) is 0 Å². The van der Waals surface area contributed by atoms with Gasteiger partial charge < -0.3 is 5.32 Å². The van der Waals surface area contributed by atoms with Crippen LogP contribution in [0.1, 0.15) is 45.1 Å². The molecule has 0 aromatic heterocycles. The van der Waals surface area contributed by atoms with Crippen LogP contribution in [-0.4, -0.2) is 12.1 Å². The third kappa shape index (κ3) is 3.50. The van der Waals surface area contributed by atoms with Crippen LogP contribution in [0.5, 0.6) is 0 Å². The highest BCUT2D eigenvalue weighted by atomic mass is 79.9. The minimum Gasteiger partial charge on any atom is -0.312 e. The number of rotatable bonds is 3. The zero-order valence-electron chi connectivity index (χ0n) is 11.6. The minimum atomic E-state index is -0.262. The predicted molar refractivity (Wildman–Crippen MR) is 82.3 cm³/mol.